The fourth-order valence-corrected chi connectivity index (χ4v) is 1.99. The number of rotatable bonds is 2. The van der Waals surface area contributed by atoms with Gasteiger partial charge in [-0.05, 0) is 23.1 Å². The molecule has 2 aliphatic rings. The first-order valence-electron chi connectivity index (χ1n) is 4.82. The summed E-state index contributed by atoms with van der Waals surface area (Å²) in [5.41, 5.74) is 4.39. The van der Waals surface area contributed by atoms with Crippen molar-refractivity contribution in [3.8, 4) is 0 Å². The topological polar surface area (TPSA) is 12.5 Å². The monoisotopic (exact) mass is 172 g/mol. The van der Waals surface area contributed by atoms with Gasteiger partial charge in [-0.15, -0.1) is 0 Å². The lowest BCUT2D eigenvalue weighted by molar-refractivity contribution is 0.407. The Morgan fingerprint density at radius 2 is 2.31 bits per heavy atom. The summed E-state index contributed by atoms with van der Waals surface area (Å²) in [7, 11) is 0. The van der Waals surface area contributed by atoms with Gasteiger partial charge in [-0.1, -0.05) is 30.4 Å². The van der Waals surface area contributed by atoms with E-state index in [2.05, 4.69) is 30.4 Å². The molecule has 1 aromatic carbocycles. The summed E-state index contributed by atoms with van der Waals surface area (Å²) in [5, 5.41) is 0. The molecular formula is C12H12O. The molecule has 0 saturated carbocycles. The van der Waals surface area contributed by atoms with Crippen molar-refractivity contribution in [3.63, 3.8) is 0 Å². The maximum Gasteiger partial charge on any atom is 0.0850 e. The highest BCUT2D eigenvalue weighted by Crippen LogP contribution is 2.26. The van der Waals surface area contributed by atoms with Crippen molar-refractivity contribution >= 4 is 6.08 Å². The van der Waals surface area contributed by atoms with E-state index in [1.54, 1.807) is 0 Å². The van der Waals surface area contributed by atoms with Crippen LogP contribution in [0.1, 0.15) is 16.7 Å². The fraction of sp³-hybridized carbons (Fsp3) is 0.333. The van der Waals surface area contributed by atoms with E-state index >= 15 is 0 Å². The Morgan fingerprint density at radius 3 is 3.15 bits per heavy atom. The summed E-state index contributed by atoms with van der Waals surface area (Å²) in [6.07, 6.45) is 7.17. The molecule has 1 aliphatic heterocycles. The van der Waals surface area contributed by atoms with Crippen LogP contribution < -0.4 is 0 Å². The van der Waals surface area contributed by atoms with Gasteiger partial charge in [0.2, 0.25) is 0 Å². The highest BCUT2D eigenvalue weighted by Gasteiger charge is 2.24. The molecule has 1 aromatic rings. The molecule has 1 aliphatic carbocycles. The minimum Gasteiger partial charge on any atom is -0.373 e. The van der Waals surface area contributed by atoms with E-state index in [0.717, 1.165) is 19.4 Å². The molecule has 0 aromatic heterocycles. The number of fused-ring (bicyclic) bond motifs is 1. The van der Waals surface area contributed by atoms with E-state index in [-0.39, 0.29) is 0 Å². The second kappa shape index (κ2) is 2.71. The third-order valence-electron chi connectivity index (χ3n) is 2.78. The third kappa shape index (κ3) is 1.29. The van der Waals surface area contributed by atoms with Crippen molar-refractivity contribution in [2.75, 3.05) is 6.61 Å². The van der Waals surface area contributed by atoms with Crippen molar-refractivity contribution in [1.29, 1.82) is 0 Å². The molecule has 1 nitrogen and oxygen atoms in total. The van der Waals surface area contributed by atoms with Crippen molar-refractivity contribution in [3.05, 3.63) is 41.0 Å². The van der Waals surface area contributed by atoms with E-state index in [9.17, 15) is 0 Å². The van der Waals surface area contributed by atoms with Gasteiger partial charge in [0, 0.05) is 6.42 Å². The molecule has 0 N–H and O–H groups in total. The maximum atomic E-state index is 5.25. The Morgan fingerprint density at radius 1 is 1.38 bits per heavy atom. The predicted molar refractivity (Wildman–Crippen MR) is 52.6 cm³/mol. The molecule has 1 heteroatoms. The predicted octanol–water partition coefficient (Wildman–Crippen LogP) is 2.20. The first-order valence-corrected chi connectivity index (χ1v) is 4.82. The van der Waals surface area contributed by atoms with E-state index in [0.29, 0.717) is 6.10 Å². The van der Waals surface area contributed by atoms with Gasteiger partial charge in [0.15, 0.2) is 0 Å². The zero-order valence-corrected chi connectivity index (χ0v) is 7.49. The highest BCUT2D eigenvalue weighted by atomic mass is 16.6. The summed E-state index contributed by atoms with van der Waals surface area (Å²) >= 11 is 0. The summed E-state index contributed by atoms with van der Waals surface area (Å²) < 4.78 is 5.25. The fourth-order valence-electron chi connectivity index (χ4n) is 1.99. The lowest BCUT2D eigenvalue weighted by Crippen LogP contribution is -1.98. The van der Waals surface area contributed by atoms with Crippen LogP contribution in [0, 0.1) is 0 Å². The Kier molecular flexibility index (Phi) is 1.53. The van der Waals surface area contributed by atoms with Crippen LogP contribution in [0.2, 0.25) is 0 Å². The number of allylic oxidation sites excluding steroid dienone is 1. The number of ether oxygens (including phenoxy) is 1. The minimum absolute atomic E-state index is 0.507. The summed E-state index contributed by atoms with van der Waals surface area (Å²) in [6, 6.07) is 6.57. The summed E-state index contributed by atoms with van der Waals surface area (Å²) in [6.45, 7) is 0.955. The Labute approximate surface area is 78.0 Å². The molecule has 0 bridgehead atoms. The van der Waals surface area contributed by atoms with Crippen LogP contribution in [0.3, 0.4) is 0 Å². The Hall–Kier alpha value is -1.08. The van der Waals surface area contributed by atoms with Crippen LogP contribution in [0.15, 0.2) is 24.3 Å². The standard InChI is InChI=1S/C12H12O/c1-3-9-4-2-6-12(9)10(5-1)7-11-8-13-11/h1-5,11H,6-8H2. The molecular weight excluding hydrogens is 160 g/mol. The quantitative estimate of drug-likeness (QED) is 0.623. The molecule has 66 valence electrons. The van der Waals surface area contributed by atoms with Crippen molar-refractivity contribution < 1.29 is 4.74 Å². The summed E-state index contributed by atoms with van der Waals surface area (Å²) in [5.74, 6) is 0. The van der Waals surface area contributed by atoms with Crippen molar-refractivity contribution in [1.82, 2.24) is 0 Å². The average Bonchev–Trinajstić information content (AvgIpc) is 2.83. The molecule has 13 heavy (non-hydrogen) atoms. The van der Waals surface area contributed by atoms with Crippen molar-refractivity contribution in [2.24, 2.45) is 0 Å². The Balaban J connectivity index is 1.96. The van der Waals surface area contributed by atoms with Crippen LogP contribution in [-0.4, -0.2) is 12.7 Å². The molecule has 0 amide bonds. The largest absolute Gasteiger partial charge is 0.373 e. The van der Waals surface area contributed by atoms with E-state index in [1.165, 1.54) is 16.7 Å². The van der Waals surface area contributed by atoms with Gasteiger partial charge in [0.05, 0.1) is 12.7 Å². The normalized spacial score (nSPS) is 23.2. The van der Waals surface area contributed by atoms with E-state index in [1.807, 2.05) is 0 Å². The molecule has 1 unspecified atom stereocenters. The second-order valence-electron chi connectivity index (χ2n) is 3.75. The Bertz CT molecular complexity index is 361. The smallest absolute Gasteiger partial charge is 0.0850 e. The van der Waals surface area contributed by atoms with Gasteiger partial charge < -0.3 is 4.74 Å². The number of benzene rings is 1. The number of hydrogen-bond acceptors (Lipinski definition) is 1. The zero-order chi connectivity index (χ0) is 8.67. The van der Waals surface area contributed by atoms with Crippen LogP contribution >= 0.6 is 0 Å². The van der Waals surface area contributed by atoms with Gasteiger partial charge in [-0.2, -0.15) is 0 Å². The van der Waals surface area contributed by atoms with Crippen LogP contribution in [-0.2, 0) is 17.6 Å². The van der Waals surface area contributed by atoms with Gasteiger partial charge >= 0.3 is 0 Å². The van der Waals surface area contributed by atoms with Gasteiger partial charge in [-0.3, -0.25) is 0 Å². The average molecular weight is 172 g/mol. The second-order valence-corrected chi connectivity index (χ2v) is 3.75. The highest BCUT2D eigenvalue weighted by molar-refractivity contribution is 5.61. The molecule has 1 saturated heterocycles. The van der Waals surface area contributed by atoms with Gasteiger partial charge in [-0.25, -0.2) is 0 Å². The zero-order valence-electron chi connectivity index (χ0n) is 7.49. The van der Waals surface area contributed by atoms with Crippen LogP contribution in [0.4, 0.5) is 0 Å². The molecule has 3 rings (SSSR count). The van der Waals surface area contributed by atoms with E-state index < -0.39 is 0 Å². The molecule has 1 atom stereocenters. The van der Waals surface area contributed by atoms with E-state index in [4.69, 9.17) is 4.74 Å². The minimum atomic E-state index is 0.507. The maximum absolute atomic E-state index is 5.25. The SMILES string of the molecule is C1=Cc2cccc(CC3CO3)c2C1. The first kappa shape index (κ1) is 7.34. The number of hydrogen-bond donors (Lipinski definition) is 0. The van der Waals surface area contributed by atoms with Gasteiger partial charge in [0.25, 0.3) is 0 Å². The molecule has 0 radical (unpaired) electrons. The van der Waals surface area contributed by atoms with Gasteiger partial charge in [0.1, 0.15) is 0 Å². The van der Waals surface area contributed by atoms with Crippen LogP contribution in [0.5, 0.6) is 0 Å². The molecule has 0 spiro atoms. The van der Waals surface area contributed by atoms with Crippen LogP contribution in [0.25, 0.3) is 6.08 Å². The number of epoxide rings is 1. The summed E-state index contributed by atoms with van der Waals surface area (Å²) in [4.78, 5) is 0. The lowest BCUT2D eigenvalue weighted by Gasteiger charge is -2.05. The van der Waals surface area contributed by atoms with Crippen molar-refractivity contribution in [2.45, 2.75) is 18.9 Å². The first-order chi connectivity index (χ1) is 6.43. The molecule has 1 fully saturated rings. The lowest BCUT2D eigenvalue weighted by atomic mass is 9.99. The third-order valence-corrected chi connectivity index (χ3v) is 2.78. The molecule has 1 heterocycles.